The Morgan fingerprint density at radius 2 is 2.07 bits per heavy atom. The lowest BCUT2D eigenvalue weighted by Crippen LogP contribution is -2.44. The average molecular weight is 196 g/mol. The Hall–Kier alpha value is -0.380. The second kappa shape index (κ2) is 3.05. The first kappa shape index (κ1) is 8.89. The zero-order valence-corrected chi connectivity index (χ0v) is 8.44. The molecule has 3 fully saturated rings. The van der Waals surface area contributed by atoms with Crippen molar-refractivity contribution in [2.24, 2.45) is 0 Å². The summed E-state index contributed by atoms with van der Waals surface area (Å²) in [4.78, 5) is 0. The van der Waals surface area contributed by atoms with Crippen molar-refractivity contribution < 1.29 is 14.2 Å². The fraction of sp³-hybridized carbons (Fsp3) is 0.818. The fourth-order valence-corrected chi connectivity index (χ4v) is 2.64. The van der Waals surface area contributed by atoms with E-state index in [0.717, 1.165) is 19.3 Å². The normalized spacial score (nSPS) is 50.5. The number of rotatable bonds is 2. The summed E-state index contributed by atoms with van der Waals surface area (Å²) >= 11 is 0. The largest absolute Gasteiger partial charge is 0.324 e. The van der Waals surface area contributed by atoms with Crippen LogP contribution in [0, 0.1) is 0 Å². The molecule has 4 atom stereocenters. The summed E-state index contributed by atoms with van der Waals surface area (Å²) in [5.74, 6) is -0.735. The molecule has 3 heteroatoms. The van der Waals surface area contributed by atoms with Gasteiger partial charge in [0.1, 0.15) is 0 Å². The van der Waals surface area contributed by atoms with Gasteiger partial charge in [-0.1, -0.05) is 12.2 Å². The van der Waals surface area contributed by atoms with Crippen LogP contribution < -0.4 is 0 Å². The van der Waals surface area contributed by atoms with E-state index in [4.69, 9.17) is 14.2 Å². The van der Waals surface area contributed by atoms with Crippen molar-refractivity contribution in [2.45, 2.75) is 56.9 Å². The standard InChI is InChI=1S/C11H16O3/c1-2-3-6-11-12-8-4-5-9(13-11)10(7-8)14-11/h2-3,8-10H,4-7H2,1H3/b3-2+/t8-,9+,10-,11?/m1/s1. The molecular weight excluding hydrogens is 180 g/mol. The number of hydrogen-bond donors (Lipinski definition) is 0. The number of hydrogen-bond acceptors (Lipinski definition) is 3. The third-order valence-corrected chi connectivity index (χ3v) is 3.29. The third-order valence-electron chi connectivity index (χ3n) is 3.29. The Balaban J connectivity index is 1.82. The molecule has 2 saturated heterocycles. The van der Waals surface area contributed by atoms with Gasteiger partial charge in [-0.05, 0) is 19.8 Å². The minimum Gasteiger partial charge on any atom is -0.324 e. The van der Waals surface area contributed by atoms with Crippen LogP contribution in [0.1, 0.15) is 32.6 Å². The minimum absolute atomic E-state index is 0.277. The summed E-state index contributed by atoms with van der Waals surface area (Å²) in [6.07, 6.45) is 8.93. The van der Waals surface area contributed by atoms with Gasteiger partial charge in [-0.25, -0.2) is 0 Å². The Labute approximate surface area is 84.0 Å². The first-order chi connectivity index (χ1) is 6.81. The van der Waals surface area contributed by atoms with Crippen molar-refractivity contribution in [3.05, 3.63) is 12.2 Å². The molecule has 0 radical (unpaired) electrons. The van der Waals surface area contributed by atoms with E-state index in [0.29, 0.717) is 12.5 Å². The SMILES string of the molecule is C/C=C/CC12O[C@@H]3CC[C@H](O1)[C@@H](C3)O2. The smallest absolute Gasteiger partial charge is 0.287 e. The molecule has 2 aliphatic heterocycles. The Morgan fingerprint density at radius 1 is 1.21 bits per heavy atom. The molecule has 1 unspecified atom stereocenters. The van der Waals surface area contributed by atoms with Gasteiger partial charge in [0.15, 0.2) is 0 Å². The summed E-state index contributed by atoms with van der Waals surface area (Å²) < 4.78 is 17.6. The number of ether oxygens (including phenoxy) is 3. The first-order valence-electron chi connectivity index (χ1n) is 5.46. The Kier molecular flexibility index (Phi) is 1.94. The van der Waals surface area contributed by atoms with Gasteiger partial charge in [-0.3, -0.25) is 0 Å². The van der Waals surface area contributed by atoms with Crippen LogP contribution in [0.2, 0.25) is 0 Å². The fourth-order valence-electron chi connectivity index (χ4n) is 2.64. The summed E-state index contributed by atoms with van der Waals surface area (Å²) in [6, 6.07) is 0. The van der Waals surface area contributed by atoms with Gasteiger partial charge in [0.25, 0.3) is 5.97 Å². The molecule has 0 N–H and O–H groups in total. The molecule has 78 valence electrons. The van der Waals surface area contributed by atoms with Crippen LogP contribution in [-0.2, 0) is 14.2 Å². The zero-order chi connectivity index (χ0) is 9.60. The molecule has 0 aromatic rings. The Bertz CT molecular complexity index is 259. The van der Waals surface area contributed by atoms with E-state index in [1.54, 1.807) is 0 Å². The highest BCUT2D eigenvalue weighted by atomic mass is 16.9. The molecule has 1 saturated carbocycles. The number of allylic oxidation sites excluding steroid dienone is 1. The van der Waals surface area contributed by atoms with Crippen molar-refractivity contribution in [2.75, 3.05) is 0 Å². The van der Waals surface area contributed by atoms with Crippen LogP contribution in [0.4, 0.5) is 0 Å². The molecule has 0 spiro atoms. The second-order valence-electron chi connectivity index (χ2n) is 4.32. The highest BCUT2D eigenvalue weighted by Crippen LogP contribution is 2.46. The van der Waals surface area contributed by atoms with Gasteiger partial charge in [0.05, 0.1) is 18.3 Å². The molecule has 1 aliphatic carbocycles. The van der Waals surface area contributed by atoms with E-state index in [-0.39, 0.29) is 12.2 Å². The van der Waals surface area contributed by atoms with E-state index in [9.17, 15) is 0 Å². The van der Waals surface area contributed by atoms with E-state index >= 15 is 0 Å². The predicted molar refractivity (Wildman–Crippen MR) is 50.6 cm³/mol. The van der Waals surface area contributed by atoms with Crippen molar-refractivity contribution in [1.29, 1.82) is 0 Å². The molecule has 0 aromatic heterocycles. The topological polar surface area (TPSA) is 27.7 Å². The van der Waals surface area contributed by atoms with Crippen molar-refractivity contribution in [1.82, 2.24) is 0 Å². The van der Waals surface area contributed by atoms with Crippen molar-refractivity contribution in [3.63, 3.8) is 0 Å². The van der Waals surface area contributed by atoms with Gasteiger partial charge in [-0.2, -0.15) is 0 Å². The highest BCUT2D eigenvalue weighted by Gasteiger charge is 2.56. The molecular formula is C11H16O3. The maximum Gasteiger partial charge on any atom is 0.287 e. The molecule has 3 aliphatic rings. The molecule has 0 aromatic carbocycles. The summed E-state index contributed by atoms with van der Waals surface area (Å²) in [7, 11) is 0. The van der Waals surface area contributed by atoms with E-state index in [1.165, 1.54) is 0 Å². The lowest BCUT2D eigenvalue weighted by atomic mass is 9.92. The number of fused-ring (bicyclic) bond motifs is 2. The van der Waals surface area contributed by atoms with Crippen LogP contribution in [-0.4, -0.2) is 24.3 Å². The van der Waals surface area contributed by atoms with Crippen molar-refractivity contribution in [3.8, 4) is 0 Å². The third kappa shape index (κ3) is 1.23. The minimum atomic E-state index is -0.735. The predicted octanol–water partition coefficient (Wildman–Crippen LogP) is 1.97. The lowest BCUT2D eigenvalue weighted by Gasteiger charge is -2.36. The lowest BCUT2D eigenvalue weighted by molar-refractivity contribution is -0.369. The van der Waals surface area contributed by atoms with E-state index in [2.05, 4.69) is 0 Å². The molecule has 3 bridgehead atoms. The molecule has 2 heterocycles. The van der Waals surface area contributed by atoms with Gasteiger partial charge >= 0.3 is 0 Å². The zero-order valence-electron chi connectivity index (χ0n) is 8.44. The van der Waals surface area contributed by atoms with Gasteiger partial charge in [-0.15, -0.1) is 0 Å². The van der Waals surface area contributed by atoms with Gasteiger partial charge in [0.2, 0.25) is 0 Å². The quantitative estimate of drug-likeness (QED) is 0.632. The van der Waals surface area contributed by atoms with Crippen LogP contribution in [0.3, 0.4) is 0 Å². The van der Waals surface area contributed by atoms with Crippen LogP contribution >= 0.6 is 0 Å². The summed E-state index contributed by atoms with van der Waals surface area (Å²) in [5.41, 5.74) is 0. The van der Waals surface area contributed by atoms with Gasteiger partial charge < -0.3 is 14.2 Å². The van der Waals surface area contributed by atoms with Crippen molar-refractivity contribution >= 4 is 0 Å². The Morgan fingerprint density at radius 3 is 2.93 bits per heavy atom. The second-order valence-corrected chi connectivity index (χ2v) is 4.32. The monoisotopic (exact) mass is 196 g/mol. The van der Waals surface area contributed by atoms with E-state index in [1.807, 2.05) is 19.1 Å². The van der Waals surface area contributed by atoms with E-state index < -0.39 is 5.97 Å². The maximum atomic E-state index is 5.87. The van der Waals surface area contributed by atoms with Gasteiger partial charge in [0, 0.05) is 12.8 Å². The highest BCUT2D eigenvalue weighted by molar-refractivity contribution is 4.96. The van der Waals surface area contributed by atoms with Crippen LogP contribution in [0.5, 0.6) is 0 Å². The summed E-state index contributed by atoms with van der Waals surface area (Å²) in [5, 5.41) is 0. The summed E-state index contributed by atoms with van der Waals surface area (Å²) in [6.45, 7) is 2.00. The molecule has 14 heavy (non-hydrogen) atoms. The maximum absolute atomic E-state index is 5.87. The molecule has 0 amide bonds. The van der Waals surface area contributed by atoms with Crippen LogP contribution in [0.25, 0.3) is 0 Å². The van der Waals surface area contributed by atoms with Crippen LogP contribution in [0.15, 0.2) is 12.2 Å². The molecule has 3 rings (SSSR count). The average Bonchev–Trinajstić information content (AvgIpc) is 2.35. The first-order valence-corrected chi connectivity index (χ1v) is 5.46. The molecule has 3 nitrogen and oxygen atoms in total.